The van der Waals surface area contributed by atoms with Crippen LogP contribution in [0.1, 0.15) is 17.2 Å². The van der Waals surface area contributed by atoms with Crippen LogP contribution in [0.15, 0.2) is 24.3 Å². The molecule has 0 bridgehead atoms. The molecule has 0 aromatic heterocycles. The van der Waals surface area contributed by atoms with E-state index in [-0.39, 0.29) is 5.97 Å². The zero-order chi connectivity index (χ0) is 14.5. The monoisotopic (exact) mass is 280 g/mol. The predicted octanol–water partition coefficient (Wildman–Crippen LogP) is 3.56. The fourth-order valence-electron chi connectivity index (χ4n) is 1.76. The van der Waals surface area contributed by atoms with Gasteiger partial charge >= 0.3 is 5.97 Å². The number of rotatable bonds is 6. The number of benzene rings is 1. The zero-order valence-corrected chi connectivity index (χ0v) is 13.5. The topological polar surface area (TPSA) is 35.5 Å². The van der Waals surface area contributed by atoms with Crippen LogP contribution in [-0.4, -0.2) is 27.8 Å². The van der Waals surface area contributed by atoms with Gasteiger partial charge in [0.2, 0.25) is 0 Å². The van der Waals surface area contributed by atoms with Gasteiger partial charge in [-0.05, 0) is 24.1 Å². The van der Waals surface area contributed by atoms with Crippen LogP contribution in [-0.2, 0) is 14.3 Å². The quantitative estimate of drug-likeness (QED) is 0.590. The summed E-state index contributed by atoms with van der Waals surface area (Å²) in [5, 5.41) is 0. The van der Waals surface area contributed by atoms with E-state index in [1.165, 1.54) is 7.11 Å². The first-order valence-electron chi connectivity index (χ1n) is 6.60. The highest BCUT2D eigenvalue weighted by Gasteiger charge is 2.24. The molecule has 0 aliphatic rings. The summed E-state index contributed by atoms with van der Waals surface area (Å²) in [6.07, 6.45) is -0.609. The predicted molar refractivity (Wildman–Crippen MR) is 80.0 cm³/mol. The maximum Gasteiger partial charge on any atom is 0.339 e. The number of carbonyl (C=O) groups is 1. The fraction of sp³-hybridized carbons (Fsp3) is 0.533. The molecule has 1 aromatic rings. The maximum absolute atomic E-state index is 11.9. The van der Waals surface area contributed by atoms with E-state index in [1.807, 2.05) is 31.2 Å². The molecule has 0 heterocycles. The highest BCUT2D eigenvalue weighted by molar-refractivity contribution is 6.76. The number of esters is 1. The van der Waals surface area contributed by atoms with Crippen molar-refractivity contribution in [3.05, 3.63) is 35.4 Å². The second-order valence-electron chi connectivity index (χ2n) is 5.94. The Bertz CT molecular complexity index is 424. The average molecular weight is 280 g/mol. The summed E-state index contributed by atoms with van der Waals surface area (Å²) in [5.41, 5.74) is 1.94. The molecule has 106 valence electrons. The summed E-state index contributed by atoms with van der Waals surface area (Å²) in [6, 6.07) is 8.81. The molecule has 0 fully saturated rings. The van der Waals surface area contributed by atoms with Crippen molar-refractivity contribution >= 4 is 14.0 Å². The maximum atomic E-state index is 11.9. The number of ether oxygens (including phenoxy) is 2. The van der Waals surface area contributed by atoms with Crippen molar-refractivity contribution in [3.63, 3.8) is 0 Å². The Morgan fingerprint density at radius 1 is 1.26 bits per heavy atom. The molecule has 19 heavy (non-hydrogen) atoms. The first-order chi connectivity index (χ1) is 8.85. The molecule has 0 unspecified atom stereocenters. The number of hydrogen-bond acceptors (Lipinski definition) is 3. The van der Waals surface area contributed by atoms with Gasteiger partial charge in [-0.15, -0.1) is 0 Å². The average Bonchev–Trinajstić information content (AvgIpc) is 2.34. The molecular formula is C15H24O3Si. The van der Waals surface area contributed by atoms with Crippen molar-refractivity contribution < 1.29 is 14.3 Å². The molecular weight excluding hydrogens is 256 g/mol. The Labute approximate surface area is 116 Å². The smallest absolute Gasteiger partial charge is 0.339 e. The lowest BCUT2D eigenvalue weighted by Gasteiger charge is -2.21. The highest BCUT2D eigenvalue weighted by Crippen LogP contribution is 2.23. The van der Waals surface area contributed by atoms with Crippen molar-refractivity contribution in [3.8, 4) is 0 Å². The lowest BCUT2D eigenvalue weighted by Crippen LogP contribution is -2.25. The van der Waals surface area contributed by atoms with E-state index in [0.717, 1.165) is 17.2 Å². The largest absolute Gasteiger partial charge is 0.467 e. The number of aryl methyl sites for hydroxylation is 1. The third-order valence-corrected chi connectivity index (χ3v) is 4.73. The molecule has 4 heteroatoms. The van der Waals surface area contributed by atoms with Crippen LogP contribution in [0.5, 0.6) is 0 Å². The van der Waals surface area contributed by atoms with Gasteiger partial charge in [-0.25, -0.2) is 4.79 Å². The number of carbonyl (C=O) groups excluding carboxylic acids is 1. The Morgan fingerprint density at radius 3 is 2.42 bits per heavy atom. The molecule has 0 amide bonds. The lowest BCUT2D eigenvalue weighted by molar-refractivity contribution is -0.154. The summed E-state index contributed by atoms with van der Waals surface area (Å²) >= 11 is 0. The molecule has 0 spiro atoms. The molecule has 0 saturated heterocycles. The highest BCUT2D eigenvalue weighted by atomic mass is 28.3. The first kappa shape index (κ1) is 15.9. The van der Waals surface area contributed by atoms with E-state index in [4.69, 9.17) is 9.47 Å². The Balaban J connectivity index is 2.79. The van der Waals surface area contributed by atoms with E-state index in [1.54, 1.807) is 0 Å². The molecule has 1 rings (SSSR count). The van der Waals surface area contributed by atoms with Crippen molar-refractivity contribution in [2.45, 2.75) is 38.7 Å². The van der Waals surface area contributed by atoms with E-state index in [2.05, 4.69) is 19.6 Å². The molecule has 1 atom stereocenters. The van der Waals surface area contributed by atoms with Gasteiger partial charge in [0, 0.05) is 14.7 Å². The van der Waals surface area contributed by atoms with Gasteiger partial charge in [-0.1, -0.05) is 43.9 Å². The second-order valence-corrected chi connectivity index (χ2v) is 11.6. The van der Waals surface area contributed by atoms with E-state index >= 15 is 0 Å². The summed E-state index contributed by atoms with van der Waals surface area (Å²) in [5.74, 6) is -0.329. The summed E-state index contributed by atoms with van der Waals surface area (Å²) in [4.78, 5) is 11.9. The summed E-state index contributed by atoms with van der Waals surface area (Å²) < 4.78 is 10.6. The van der Waals surface area contributed by atoms with E-state index in [0.29, 0.717) is 6.61 Å². The SMILES string of the molecule is COC(=O)[C@@H](OCC[Si](C)(C)C)c1ccccc1C. The molecule has 0 radical (unpaired) electrons. The normalized spacial score (nSPS) is 13.1. The Morgan fingerprint density at radius 2 is 1.89 bits per heavy atom. The Kier molecular flexibility index (Phi) is 5.75. The van der Waals surface area contributed by atoms with Crippen LogP contribution in [0, 0.1) is 6.92 Å². The minimum absolute atomic E-state index is 0.329. The third kappa shape index (κ3) is 5.16. The van der Waals surface area contributed by atoms with Gasteiger partial charge in [0.25, 0.3) is 0 Å². The fourth-order valence-corrected chi connectivity index (χ4v) is 2.49. The second kappa shape index (κ2) is 6.87. The molecule has 3 nitrogen and oxygen atoms in total. The lowest BCUT2D eigenvalue weighted by atomic mass is 10.0. The van der Waals surface area contributed by atoms with Gasteiger partial charge in [-0.3, -0.25) is 0 Å². The van der Waals surface area contributed by atoms with Crippen molar-refractivity contribution in [2.75, 3.05) is 13.7 Å². The third-order valence-electron chi connectivity index (χ3n) is 3.02. The van der Waals surface area contributed by atoms with Gasteiger partial charge in [-0.2, -0.15) is 0 Å². The van der Waals surface area contributed by atoms with Crippen LogP contribution in [0.4, 0.5) is 0 Å². The van der Waals surface area contributed by atoms with E-state index in [9.17, 15) is 4.79 Å². The van der Waals surface area contributed by atoms with Crippen LogP contribution >= 0.6 is 0 Å². The van der Waals surface area contributed by atoms with Gasteiger partial charge < -0.3 is 9.47 Å². The van der Waals surface area contributed by atoms with Crippen molar-refractivity contribution in [1.29, 1.82) is 0 Å². The van der Waals surface area contributed by atoms with Crippen LogP contribution < -0.4 is 0 Å². The molecule has 0 aliphatic carbocycles. The van der Waals surface area contributed by atoms with Gasteiger partial charge in [0.05, 0.1) is 7.11 Å². The van der Waals surface area contributed by atoms with Gasteiger partial charge in [0.15, 0.2) is 6.10 Å². The minimum Gasteiger partial charge on any atom is -0.467 e. The van der Waals surface area contributed by atoms with Crippen LogP contribution in [0.25, 0.3) is 0 Å². The minimum atomic E-state index is -1.16. The first-order valence-corrected chi connectivity index (χ1v) is 10.3. The number of methoxy groups -OCH3 is 1. The summed E-state index contributed by atoms with van der Waals surface area (Å²) in [7, 11) is 0.238. The molecule has 0 N–H and O–H groups in total. The molecule has 1 aromatic carbocycles. The molecule has 0 aliphatic heterocycles. The van der Waals surface area contributed by atoms with Crippen molar-refractivity contribution in [2.24, 2.45) is 0 Å². The Hall–Kier alpha value is -1.13. The standard InChI is InChI=1S/C15H24O3Si/c1-12-8-6-7-9-13(12)14(15(16)17-2)18-10-11-19(3,4)5/h6-9,14H,10-11H2,1-5H3/t14-/m0/s1. The number of hydrogen-bond donors (Lipinski definition) is 0. The van der Waals surface area contributed by atoms with Gasteiger partial charge in [0.1, 0.15) is 0 Å². The molecule has 0 saturated carbocycles. The van der Waals surface area contributed by atoms with E-state index < -0.39 is 14.2 Å². The van der Waals surface area contributed by atoms with Crippen LogP contribution in [0.3, 0.4) is 0 Å². The zero-order valence-electron chi connectivity index (χ0n) is 12.5. The summed E-state index contributed by atoms with van der Waals surface area (Å²) in [6.45, 7) is 9.45. The van der Waals surface area contributed by atoms with Crippen LogP contribution in [0.2, 0.25) is 25.7 Å². The van der Waals surface area contributed by atoms with Crippen molar-refractivity contribution in [1.82, 2.24) is 0 Å².